The van der Waals surface area contributed by atoms with Crippen molar-refractivity contribution in [2.75, 3.05) is 26.2 Å². The maximum absolute atomic E-state index is 13.6. The molecule has 1 aliphatic heterocycles. The molecule has 0 unspecified atom stereocenters. The molecule has 5 heteroatoms. The van der Waals surface area contributed by atoms with Gasteiger partial charge in [-0.05, 0) is 18.6 Å². The van der Waals surface area contributed by atoms with Gasteiger partial charge in [0.1, 0.15) is 0 Å². The van der Waals surface area contributed by atoms with E-state index in [0.29, 0.717) is 17.0 Å². The molecule has 0 saturated carbocycles. The molecule has 1 fully saturated rings. The Morgan fingerprint density at radius 1 is 1.47 bits per heavy atom. The molecule has 2 N–H and O–H groups in total. The molecule has 1 aromatic rings. The molecule has 1 heterocycles. The summed E-state index contributed by atoms with van der Waals surface area (Å²) < 4.78 is 13.6. The van der Waals surface area contributed by atoms with Crippen molar-refractivity contribution in [2.24, 2.45) is 0 Å². The number of halogens is 2. The Kier molecular flexibility index (Phi) is 4.80. The first kappa shape index (κ1) is 14.3. The van der Waals surface area contributed by atoms with Crippen molar-refractivity contribution in [1.82, 2.24) is 10.2 Å². The van der Waals surface area contributed by atoms with E-state index in [9.17, 15) is 9.50 Å². The SMILES string of the molecule is C=CC[C@@H](c1c(Cl)ccc(F)c1O)N1CCNCC1. The summed E-state index contributed by atoms with van der Waals surface area (Å²) in [7, 11) is 0. The lowest BCUT2D eigenvalue weighted by Gasteiger charge is -2.35. The number of phenols is 1. The van der Waals surface area contributed by atoms with E-state index in [2.05, 4.69) is 16.8 Å². The molecule has 0 radical (unpaired) electrons. The predicted octanol–water partition coefficient (Wildman–Crippen LogP) is 2.71. The Morgan fingerprint density at radius 2 is 2.16 bits per heavy atom. The lowest BCUT2D eigenvalue weighted by atomic mass is 9.99. The fourth-order valence-corrected chi connectivity index (χ4v) is 2.75. The normalized spacial score (nSPS) is 18.2. The minimum Gasteiger partial charge on any atom is -0.505 e. The molecule has 2 rings (SSSR count). The fraction of sp³-hybridized carbons (Fsp3) is 0.429. The molecule has 1 atom stereocenters. The summed E-state index contributed by atoms with van der Waals surface area (Å²) in [5, 5.41) is 13.6. The lowest BCUT2D eigenvalue weighted by molar-refractivity contribution is 0.171. The van der Waals surface area contributed by atoms with E-state index in [1.54, 1.807) is 6.08 Å². The van der Waals surface area contributed by atoms with E-state index in [-0.39, 0.29) is 11.8 Å². The van der Waals surface area contributed by atoms with Crippen LogP contribution in [0.2, 0.25) is 5.02 Å². The molecule has 1 aromatic carbocycles. The van der Waals surface area contributed by atoms with E-state index in [4.69, 9.17) is 11.6 Å². The molecular weight excluding hydrogens is 267 g/mol. The van der Waals surface area contributed by atoms with Crippen LogP contribution in [0.5, 0.6) is 5.75 Å². The van der Waals surface area contributed by atoms with Crippen LogP contribution in [0.3, 0.4) is 0 Å². The van der Waals surface area contributed by atoms with Gasteiger partial charge in [0.25, 0.3) is 0 Å². The van der Waals surface area contributed by atoms with E-state index in [0.717, 1.165) is 26.2 Å². The second-order valence-corrected chi connectivity index (χ2v) is 5.02. The Bertz CT molecular complexity index is 461. The number of hydrogen-bond donors (Lipinski definition) is 2. The maximum Gasteiger partial charge on any atom is 0.165 e. The van der Waals surface area contributed by atoms with Crippen LogP contribution in [0.1, 0.15) is 18.0 Å². The molecular formula is C14H18ClFN2O. The van der Waals surface area contributed by atoms with Crippen LogP contribution < -0.4 is 5.32 Å². The van der Waals surface area contributed by atoms with Crippen LogP contribution in [-0.4, -0.2) is 36.2 Å². The highest BCUT2D eigenvalue weighted by molar-refractivity contribution is 6.31. The van der Waals surface area contributed by atoms with Gasteiger partial charge < -0.3 is 10.4 Å². The number of phenolic OH excluding ortho intramolecular Hbond substituents is 1. The fourth-order valence-electron chi connectivity index (χ4n) is 2.47. The molecule has 104 valence electrons. The lowest BCUT2D eigenvalue weighted by Crippen LogP contribution is -2.45. The van der Waals surface area contributed by atoms with Crippen LogP contribution in [0.4, 0.5) is 4.39 Å². The zero-order chi connectivity index (χ0) is 13.8. The van der Waals surface area contributed by atoms with Gasteiger partial charge in [-0.2, -0.15) is 0 Å². The van der Waals surface area contributed by atoms with Crippen LogP contribution >= 0.6 is 11.6 Å². The van der Waals surface area contributed by atoms with Gasteiger partial charge in [-0.3, -0.25) is 4.90 Å². The van der Waals surface area contributed by atoms with Crippen molar-refractivity contribution in [1.29, 1.82) is 0 Å². The number of piperazine rings is 1. The van der Waals surface area contributed by atoms with Crippen molar-refractivity contribution in [3.8, 4) is 5.75 Å². The number of benzene rings is 1. The first-order chi connectivity index (χ1) is 9.15. The molecule has 0 bridgehead atoms. The van der Waals surface area contributed by atoms with Crippen LogP contribution in [0.25, 0.3) is 0 Å². The van der Waals surface area contributed by atoms with Gasteiger partial charge in [-0.15, -0.1) is 6.58 Å². The molecule has 0 aromatic heterocycles. The summed E-state index contributed by atoms with van der Waals surface area (Å²) in [5.41, 5.74) is 0.462. The molecule has 19 heavy (non-hydrogen) atoms. The zero-order valence-corrected chi connectivity index (χ0v) is 11.5. The van der Waals surface area contributed by atoms with Gasteiger partial charge in [0.2, 0.25) is 0 Å². The molecule has 3 nitrogen and oxygen atoms in total. The quantitative estimate of drug-likeness (QED) is 0.835. The second kappa shape index (κ2) is 6.37. The standard InChI is InChI=1S/C14H18ClFN2O/c1-2-3-12(18-8-6-17-7-9-18)13-10(15)4-5-11(16)14(13)19/h2,4-5,12,17,19H,1,3,6-9H2/t12-/m0/s1. The average Bonchev–Trinajstić information content (AvgIpc) is 2.43. The highest BCUT2D eigenvalue weighted by Crippen LogP contribution is 2.38. The van der Waals surface area contributed by atoms with Crippen LogP contribution in [-0.2, 0) is 0 Å². The summed E-state index contributed by atoms with van der Waals surface area (Å²) in [5.74, 6) is -0.985. The van der Waals surface area contributed by atoms with Crippen LogP contribution in [0.15, 0.2) is 24.8 Å². The Balaban J connectivity index is 2.37. The highest BCUT2D eigenvalue weighted by Gasteiger charge is 2.26. The minimum absolute atomic E-state index is 0.136. The van der Waals surface area contributed by atoms with Gasteiger partial charge in [0.05, 0.1) is 0 Å². The summed E-state index contributed by atoms with van der Waals surface area (Å²) in [6, 6.07) is 2.54. The number of rotatable bonds is 4. The zero-order valence-electron chi connectivity index (χ0n) is 10.7. The van der Waals surface area contributed by atoms with Gasteiger partial charge in [0.15, 0.2) is 11.6 Å². The van der Waals surface area contributed by atoms with Crippen molar-refractivity contribution >= 4 is 11.6 Å². The third-order valence-electron chi connectivity index (χ3n) is 3.43. The first-order valence-electron chi connectivity index (χ1n) is 6.37. The molecule has 1 saturated heterocycles. The largest absolute Gasteiger partial charge is 0.505 e. The summed E-state index contributed by atoms with van der Waals surface area (Å²) in [6.45, 7) is 7.17. The molecule has 0 aliphatic carbocycles. The number of aromatic hydroxyl groups is 1. The summed E-state index contributed by atoms with van der Waals surface area (Å²) in [6.07, 6.45) is 2.39. The Hall–Kier alpha value is -1.10. The average molecular weight is 285 g/mol. The monoisotopic (exact) mass is 284 g/mol. The van der Waals surface area contributed by atoms with E-state index < -0.39 is 5.82 Å². The van der Waals surface area contributed by atoms with E-state index in [1.165, 1.54) is 12.1 Å². The van der Waals surface area contributed by atoms with Gasteiger partial charge in [-0.1, -0.05) is 17.7 Å². The number of nitrogens with one attached hydrogen (secondary N) is 1. The second-order valence-electron chi connectivity index (χ2n) is 4.62. The van der Waals surface area contributed by atoms with Crippen LogP contribution in [0, 0.1) is 5.82 Å². The highest BCUT2D eigenvalue weighted by atomic mass is 35.5. The van der Waals surface area contributed by atoms with E-state index in [1.807, 2.05) is 0 Å². The first-order valence-corrected chi connectivity index (χ1v) is 6.75. The summed E-state index contributed by atoms with van der Waals surface area (Å²) in [4.78, 5) is 2.19. The Morgan fingerprint density at radius 3 is 2.79 bits per heavy atom. The molecule has 0 spiro atoms. The van der Waals surface area contributed by atoms with Crippen molar-refractivity contribution < 1.29 is 9.50 Å². The van der Waals surface area contributed by atoms with Gasteiger partial charge in [-0.25, -0.2) is 4.39 Å². The molecule has 1 aliphatic rings. The van der Waals surface area contributed by atoms with Crippen molar-refractivity contribution in [2.45, 2.75) is 12.5 Å². The number of hydrogen-bond acceptors (Lipinski definition) is 3. The summed E-state index contributed by atoms with van der Waals surface area (Å²) >= 11 is 6.15. The van der Waals surface area contributed by atoms with Gasteiger partial charge in [0, 0.05) is 42.8 Å². The predicted molar refractivity (Wildman–Crippen MR) is 75.1 cm³/mol. The topological polar surface area (TPSA) is 35.5 Å². The van der Waals surface area contributed by atoms with E-state index >= 15 is 0 Å². The van der Waals surface area contributed by atoms with Crippen molar-refractivity contribution in [3.63, 3.8) is 0 Å². The minimum atomic E-state index is -0.636. The number of nitrogens with zero attached hydrogens (tertiary/aromatic N) is 1. The smallest absolute Gasteiger partial charge is 0.165 e. The third-order valence-corrected chi connectivity index (χ3v) is 3.76. The third kappa shape index (κ3) is 3.08. The Labute approximate surface area is 117 Å². The van der Waals surface area contributed by atoms with Gasteiger partial charge >= 0.3 is 0 Å². The molecule has 0 amide bonds. The van der Waals surface area contributed by atoms with Crippen molar-refractivity contribution in [3.05, 3.63) is 41.2 Å². The maximum atomic E-state index is 13.6.